The van der Waals surface area contributed by atoms with Gasteiger partial charge in [0.1, 0.15) is 6.10 Å². The predicted octanol–water partition coefficient (Wildman–Crippen LogP) is 2.17. The number of nitrogens with zero attached hydrogens (tertiary/aromatic N) is 2. The molecule has 7 heteroatoms. The molecule has 0 saturated carbocycles. The van der Waals surface area contributed by atoms with Crippen molar-refractivity contribution in [2.75, 3.05) is 6.61 Å². The fraction of sp³-hybridized carbons (Fsp3) is 0.278. The number of nitrogens with one attached hydrogen (secondary N) is 1. The first kappa shape index (κ1) is 18.4. The lowest BCUT2D eigenvalue weighted by molar-refractivity contribution is -0.131. The molecule has 0 fully saturated rings. The zero-order valence-corrected chi connectivity index (χ0v) is 14.0. The van der Waals surface area contributed by atoms with Crippen LogP contribution in [0.15, 0.2) is 49.2 Å². The van der Waals surface area contributed by atoms with Gasteiger partial charge in [-0.3, -0.25) is 4.79 Å². The molecule has 1 atom stereocenters. The molecular formula is C18H21N3O4. The number of amides is 1. The Morgan fingerprint density at radius 1 is 1.44 bits per heavy atom. The normalized spacial score (nSPS) is 11.7. The summed E-state index contributed by atoms with van der Waals surface area (Å²) in [6, 6.07) is 8.77. The number of benzene rings is 1. The zero-order chi connectivity index (χ0) is 18.2. The SMILES string of the molecule is C=CCCOC(C)C(=O)NCc1cccc(-n2ccc(C(=O)O)n2)c1. The van der Waals surface area contributed by atoms with Gasteiger partial charge in [-0.25, -0.2) is 9.48 Å². The number of carbonyl (C=O) groups is 2. The minimum absolute atomic E-state index is 0.0239. The third-order valence-electron chi connectivity index (χ3n) is 3.51. The van der Waals surface area contributed by atoms with Gasteiger partial charge in [0.25, 0.3) is 0 Å². The lowest BCUT2D eigenvalue weighted by Gasteiger charge is -2.13. The van der Waals surface area contributed by atoms with Gasteiger partial charge in [0.15, 0.2) is 5.69 Å². The molecule has 2 N–H and O–H groups in total. The Hall–Kier alpha value is -2.93. The summed E-state index contributed by atoms with van der Waals surface area (Å²) in [6.07, 6.45) is 3.48. The van der Waals surface area contributed by atoms with E-state index >= 15 is 0 Å². The van der Waals surface area contributed by atoms with Crippen molar-refractivity contribution in [3.8, 4) is 5.69 Å². The van der Waals surface area contributed by atoms with E-state index in [9.17, 15) is 9.59 Å². The molecule has 0 saturated heterocycles. The topological polar surface area (TPSA) is 93.5 Å². The van der Waals surface area contributed by atoms with Crippen LogP contribution in [-0.4, -0.2) is 39.5 Å². The van der Waals surface area contributed by atoms with E-state index in [0.29, 0.717) is 19.6 Å². The number of carboxylic acids is 1. The highest BCUT2D eigenvalue weighted by Gasteiger charge is 2.13. The Labute approximate surface area is 145 Å². The molecule has 1 amide bonds. The van der Waals surface area contributed by atoms with E-state index < -0.39 is 12.1 Å². The van der Waals surface area contributed by atoms with Gasteiger partial charge in [0, 0.05) is 12.7 Å². The lowest BCUT2D eigenvalue weighted by atomic mass is 10.2. The van der Waals surface area contributed by atoms with Gasteiger partial charge in [0.2, 0.25) is 5.91 Å². The molecular weight excluding hydrogens is 322 g/mol. The summed E-state index contributed by atoms with van der Waals surface area (Å²) in [4.78, 5) is 22.9. The summed E-state index contributed by atoms with van der Waals surface area (Å²) < 4.78 is 6.88. The molecule has 0 aliphatic heterocycles. The highest BCUT2D eigenvalue weighted by Crippen LogP contribution is 2.11. The van der Waals surface area contributed by atoms with Gasteiger partial charge in [-0.15, -0.1) is 6.58 Å². The highest BCUT2D eigenvalue weighted by molar-refractivity contribution is 5.85. The van der Waals surface area contributed by atoms with Crippen LogP contribution < -0.4 is 5.32 Å². The molecule has 0 aliphatic rings. The average Bonchev–Trinajstić information content (AvgIpc) is 3.10. The smallest absolute Gasteiger partial charge is 0.356 e. The number of hydrogen-bond acceptors (Lipinski definition) is 4. The Kier molecular flexibility index (Phi) is 6.47. The van der Waals surface area contributed by atoms with E-state index in [-0.39, 0.29) is 11.6 Å². The fourth-order valence-corrected chi connectivity index (χ4v) is 2.13. The monoisotopic (exact) mass is 343 g/mol. The van der Waals surface area contributed by atoms with Crippen LogP contribution in [-0.2, 0) is 16.1 Å². The predicted molar refractivity (Wildman–Crippen MR) is 92.6 cm³/mol. The second kappa shape index (κ2) is 8.79. The maximum Gasteiger partial charge on any atom is 0.356 e. The second-order valence-corrected chi connectivity index (χ2v) is 5.43. The largest absolute Gasteiger partial charge is 0.476 e. The van der Waals surface area contributed by atoms with Gasteiger partial charge < -0.3 is 15.2 Å². The van der Waals surface area contributed by atoms with Gasteiger partial charge in [0.05, 0.1) is 12.3 Å². The van der Waals surface area contributed by atoms with Crippen molar-refractivity contribution >= 4 is 11.9 Å². The first-order valence-corrected chi connectivity index (χ1v) is 7.89. The molecule has 1 aromatic carbocycles. The van der Waals surface area contributed by atoms with Gasteiger partial charge >= 0.3 is 5.97 Å². The maximum atomic E-state index is 12.0. The van der Waals surface area contributed by atoms with Crippen LogP contribution in [0, 0.1) is 0 Å². The highest BCUT2D eigenvalue weighted by atomic mass is 16.5. The van der Waals surface area contributed by atoms with Crippen molar-refractivity contribution in [1.29, 1.82) is 0 Å². The Balaban J connectivity index is 1.95. The summed E-state index contributed by atoms with van der Waals surface area (Å²) in [5.41, 5.74) is 1.57. The molecule has 2 aromatic rings. The zero-order valence-electron chi connectivity index (χ0n) is 14.0. The minimum Gasteiger partial charge on any atom is -0.476 e. The molecule has 25 heavy (non-hydrogen) atoms. The van der Waals surface area contributed by atoms with Crippen LogP contribution in [0.3, 0.4) is 0 Å². The van der Waals surface area contributed by atoms with Crippen molar-refractivity contribution in [3.05, 3.63) is 60.4 Å². The van der Waals surface area contributed by atoms with Crippen molar-refractivity contribution in [2.24, 2.45) is 0 Å². The molecule has 7 nitrogen and oxygen atoms in total. The number of hydrogen-bond donors (Lipinski definition) is 2. The van der Waals surface area contributed by atoms with Crippen molar-refractivity contribution < 1.29 is 19.4 Å². The standard InChI is InChI=1S/C18H21N3O4/c1-3-4-10-25-13(2)17(22)19-12-14-6-5-7-15(11-14)21-9-8-16(20-21)18(23)24/h3,5-9,11,13H,1,4,10,12H2,2H3,(H,19,22)(H,23,24). The van der Waals surface area contributed by atoms with Crippen molar-refractivity contribution in [3.63, 3.8) is 0 Å². The summed E-state index contributed by atoms with van der Waals surface area (Å²) in [5, 5.41) is 15.7. The molecule has 0 spiro atoms. The molecule has 2 rings (SSSR count). The van der Waals surface area contributed by atoms with Crippen LogP contribution >= 0.6 is 0 Å². The van der Waals surface area contributed by atoms with E-state index in [2.05, 4.69) is 17.0 Å². The Morgan fingerprint density at radius 3 is 2.92 bits per heavy atom. The number of ether oxygens (including phenoxy) is 1. The first-order valence-electron chi connectivity index (χ1n) is 7.89. The number of carbonyl (C=O) groups excluding carboxylic acids is 1. The van der Waals surface area contributed by atoms with Gasteiger partial charge in [-0.1, -0.05) is 18.2 Å². The van der Waals surface area contributed by atoms with Crippen LogP contribution in [0.5, 0.6) is 0 Å². The third kappa shape index (κ3) is 5.29. The van der Waals surface area contributed by atoms with E-state index in [4.69, 9.17) is 9.84 Å². The molecule has 1 heterocycles. The fourth-order valence-electron chi connectivity index (χ4n) is 2.13. The number of rotatable bonds is 9. The molecule has 0 radical (unpaired) electrons. The molecule has 1 aromatic heterocycles. The van der Waals surface area contributed by atoms with Crippen molar-refractivity contribution in [2.45, 2.75) is 26.0 Å². The maximum absolute atomic E-state index is 12.0. The Bertz CT molecular complexity index is 754. The van der Waals surface area contributed by atoms with Gasteiger partial charge in [-0.2, -0.15) is 5.10 Å². The van der Waals surface area contributed by atoms with E-state index in [1.54, 1.807) is 19.2 Å². The minimum atomic E-state index is -1.08. The van der Waals surface area contributed by atoms with Crippen LogP contribution in [0.25, 0.3) is 5.69 Å². The molecule has 132 valence electrons. The Morgan fingerprint density at radius 2 is 2.24 bits per heavy atom. The van der Waals surface area contributed by atoms with Crippen LogP contribution in [0.4, 0.5) is 0 Å². The van der Waals surface area contributed by atoms with Crippen LogP contribution in [0.1, 0.15) is 29.4 Å². The summed E-state index contributed by atoms with van der Waals surface area (Å²) >= 11 is 0. The number of aromatic carboxylic acids is 1. The van der Waals surface area contributed by atoms with Crippen LogP contribution in [0.2, 0.25) is 0 Å². The van der Waals surface area contributed by atoms with Gasteiger partial charge in [-0.05, 0) is 37.1 Å². The van der Waals surface area contributed by atoms with E-state index in [1.165, 1.54) is 10.7 Å². The summed E-state index contributed by atoms with van der Waals surface area (Å²) in [5.74, 6) is -1.27. The molecule has 0 bridgehead atoms. The lowest BCUT2D eigenvalue weighted by Crippen LogP contribution is -2.34. The second-order valence-electron chi connectivity index (χ2n) is 5.43. The quantitative estimate of drug-likeness (QED) is 0.538. The third-order valence-corrected chi connectivity index (χ3v) is 3.51. The average molecular weight is 343 g/mol. The van der Waals surface area contributed by atoms with E-state index in [0.717, 1.165) is 11.3 Å². The number of aromatic nitrogens is 2. The summed E-state index contributed by atoms with van der Waals surface area (Å²) in [7, 11) is 0. The molecule has 1 unspecified atom stereocenters. The number of carboxylic acid groups (broad SMARTS) is 1. The molecule has 0 aliphatic carbocycles. The first-order chi connectivity index (χ1) is 12.0. The van der Waals surface area contributed by atoms with E-state index in [1.807, 2.05) is 24.3 Å². The summed E-state index contributed by atoms with van der Waals surface area (Å²) in [6.45, 7) is 6.10. The van der Waals surface area contributed by atoms with Crippen molar-refractivity contribution in [1.82, 2.24) is 15.1 Å².